The summed E-state index contributed by atoms with van der Waals surface area (Å²) in [6.45, 7) is 4.79. The fourth-order valence-electron chi connectivity index (χ4n) is 4.42. The number of anilines is 1. The number of aryl methyl sites for hydroxylation is 1. The van der Waals surface area contributed by atoms with Crippen LogP contribution in [0.15, 0.2) is 53.4 Å². The minimum Gasteiger partial charge on any atom is -0.497 e. The van der Waals surface area contributed by atoms with E-state index in [2.05, 4.69) is 17.0 Å². The second-order valence-electron chi connectivity index (χ2n) is 8.05. The number of carbonyl (C=O) groups is 1. The van der Waals surface area contributed by atoms with Gasteiger partial charge in [0.1, 0.15) is 11.8 Å². The molecule has 0 aliphatic carbocycles. The van der Waals surface area contributed by atoms with Crippen molar-refractivity contribution in [2.75, 3.05) is 44.7 Å². The van der Waals surface area contributed by atoms with Gasteiger partial charge in [0.25, 0.3) is 0 Å². The van der Waals surface area contributed by atoms with Crippen LogP contribution in [0, 0.1) is 6.92 Å². The SMILES string of the molecule is COc1ccc(C)c(S(=O)(=O)N2CCC[C@@H]2C(=O)N2CCN(c3ccccc3)CC2)c1. The molecule has 166 valence electrons. The maximum atomic E-state index is 13.4. The first-order valence-electron chi connectivity index (χ1n) is 10.7. The summed E-state index contributed by atoms with van der Waals surface area (Å²) in [7, 11) is -2.28. The van der Waals surface area contributed by atoms with Crippen LogP contribution < -0.4 is 9.64 Å². The van der Waals surface area contributed by atoms with Gasteiger partial charge in [-0.2, -0.15) is 4.31 Å². The normalized spacial score (nSPS) is 20.1. The van der Waals surface area contributed by atoms with Gasteiger partial charge in [-0.05, 0) is 43.5 Å². The standard InChI is InChI=1S/C23H29N3O4S/c1-18-10-11-20(30-2)17-22(18)31(28,29)26-12-6-9-21(26)23(27)25-15-13-24(14-16-25)19-7-4-3-5-8-19/h3-5,7-8,10-11,17,21H,6,9,12-16H2,1-2H3/t21-/m1/s1. The molecule has 2 aromatic rings. The first-order valence-corrected chi connectivity index (χ1v) is 12.1. The molecule has 1 amide bonds. The quantitative estimate of drug-likeness (QED) is 0.710. The molecule has 0 saturated carbocycles. The average molecular weight is 444 g/mol. The first kappa shape index (κ1) is 21.6. The zero-order valence-electron chi connectivity index (χ0n) is 18.0. The summed E-state index contributed by atoms with van der Waals surface area (Å²) in [5.41, 5.74) is 1.79. The minimum atomic E-state index is -3.79. The summed E-state index contributed by atoms with van der Waals surface area (Å²) in [6.07, 6.45) is 1.24. The zero-order valence-corrected chi connectivity index (χ0v) is 18.8. The molecule has 0 spiro atoms. The van der Waals surface area contributed by atoms with Gasteiger partial charge in [-0.15, -0.1) is 0 Å². The van der Waals surface area contributed by atoms with Gasteiger partial charge in [0, 0.05) is 44.5 Å². The highest BCUT2D eigenvalue weighted by molar-refractivity contribution is 7.89. The van der Waals surface area contributed by atoms with E-state index in [9.17, 15) is 13.2 Å². The van der Waals surface area contributed by atoms with Crippen molar-refractivity contribution < 1.29 is 17.9 Å². The van der Waals surface area contributed by atoms with Gasteiger partial charge in [-0.3, -0.25) is 4.79 Å². The molecule has 0 aromatic heterocycles. The van der Waals surface area contributed by atoms with Gasteiger partial charge < -0.3 is 14.5 Å². The Morgan fingerprint density at radius 1 is 1.00 bits per heavy atom. The highest BCUT2D eigenvalue weighted by Crippen LogP contribution is 2.31. The molecule has 4 rings (SSSR count). The zero-order chi connectivity index (χ0) is 22.0. The predicted molar refractivity (Wildman–Crippen MR) is 120 cm³/mol. The summed E-state index contributed by atoms with van der Waals surface area (Å²) < 4.78 is 33.5. The molecule has 1 atom stereocenters. The monoisotopic (exact) mass is 443 g/mol. The van der Waals surface area contributed by atoms with Crippen molar-refractivity contribution in [2.24, 2.45) is 0 Å². The van der Waals surface area contributed by atoms with Crippen LogP contribution in [0.3, 0.4) is 0 Å². The number of para-hydroxylation sites is 1. The van der Waals surface area contributed by atoms with E-state index in [1.165, 1.54) is 11.4 Å². The van der Waals surface area contributed by atoms with Crippen molar-refractivity contribution in [1.29, 1.82) is 0 Å². The molecule has 0 N–H and O–H groups in total. The Labute approximate surface area is 184 Å². The van der Waals surface area contributed by atoms with Crippen LogP contribution in [-0.4, -0.2) is 69.4 Å². The number of carbonyl (C=O) groups excluding carboxylic acids is 1. The maximum absolute atomic E-state index is 13.4. The second-order valence-corrected chi connectivity index (χ2v) is 9.91. The molecular formula is C23H29N3O4S. The first-order chi connectivity index (χ1) is 14.9. The molecule has 2 aliphatic heterocycles. The summed E-state index contributed by atoms with van der Waals surface area (Å²) in [4.78, 5) is 17.6. The highest BCUT2D eigenvalue weighted by atomic mass is 32.2. The van der Waals surface area contributed by atoms with Crippen molar-refractivity contribution in [3.63, 3.8) is 0 Å². The largest absolute Gasteiger partial charge is 0.497 e. The lowest BCUT2D eigenvalue weighted by Crippen LogP contribution is -2.54. The third kappa shape index (κ3) is 4.27. The van der Waals surface area contributed by atoms with E-state index >= 15 is 0 Å². The van der Waals surface area contributed by atoms with Crippen LogP contribution in [0.25, 0.3) is 0 Å². The topological polar surface area (TPSA) is 70.2 Å². The molecule has 2 aliphatic rings. The van der Waals surface area contributed by atoms with Crippen molar-refractivity contribution in [3.05, 3.63) is 54.1 Å². The van der Waals surface area contributed by atoms with E-state index in [-0.39, 0.29) is 10.8 Å². The summed E-state index contributed by atoms with van der Waals surface area (Å²) >= 11 is 0. The van der Waals surface area contributed by atoms with Crippen LogP contribution in [0.2, 0.25) is 0 Å². The number of amides is 1. The van der Waals surface area contributed by atoms with Gasteiger partial charge >= 0.3 is 0 Å². The second kappa shape index (κ2) is 8.88. The van der Waals surface area contributed by atoms with Gasteiger partial charge in [0.2, 0.25) is 15.9 Å². The summed E-state index contributed by atoms with van der Waals surface area (Å²) in [6, 6.07) is 14.5. The molecule has 2 heterocycles. The molecular weight excluding hydrogens is 414 g/mol. The Morgan fingerprint density at radius 3 is 2.39 bits per heavy atom. The Hall–Kier alpha value is -2.58. The van der Waals surface area contributed by atoms with Crippen LogP contribution in [0.4, 0.5) is 5.69 Å². The van der Waals surface area contributed by atoms with Crippen molar-refractivity contribution >= 4 is 21.6 Å². The molecule has 31 heavy (non-hydrogen) atoms. The van der Waals surface area contributed by atoms with E-state index in [1.807, 2.05) is 23.1 Å². The van der Waals surface area contributed by atoms with Crippen LogP contribution in [0.5, 0.6) is 5.75 Å². The van der Waals surface area contributed by atoms with Crippen molar-refractivity contribution in [3.8, 4) is 5.75 Å². The van der Waals surface area contributed by atoms with Gasteiger partial charge in [-0.25, -0.2) is 8.42 Å². The van der Waals surface area contributed by atoms with E-state index < -0.39 is 16.1 Å². The van der Waals surface area contributed by atoms with Gasteiger partial charge in [0.05, 0.1) is 12.0 Å². The van der Waals surface area contributed by atoms with E-state index in [0.717, 1.165) is 18.8 Å². The molecule has 0 bridgehead atoms. The Kier molecular flexibility index (Phi) is 6.20. The number of methoxy groups -OCH3 is 1. The average Bonchev–Trinajstić information content (AvgIpc) is 3.30. The van der Waals surface area contributed by atoms with Gasteiger partial charge in [0.15, 0.2) is 0 Å². The number of hydrogen-bond donors (Lipinski definition) is 0. The lowest BCUT2D eigenvalue weighted by atomic mass is 10.1. The molecule has 2 aromatic carbocycles. The van der Waals surface area contributed by atoms with Crippen molar-refractivity contribution in [1.82, 2.24) is 9.21 Å². The smallest absolute Gasteiger partial charge is 0.244 e. The predicted octanol–water partition coefficient (Wildman–Crippen LogP) is 2.51. The minimum absolute atomic E-state index is 0.0886. The number of benzene rings is 2. The maximum Gasteiger partial charge on any atom is 0.244 e. The number of hydrogen-bond acceptors (Lipinski definition) is 5. The fourth-order valence-corrected chi connectivity index (χ4v) is 6.31. The van der Waals surface area contributed by atoms with E-state index in [4.69, 9.17) is 4.74 Å². The molecule has 7 nitrogen and oxygen atoms in total. The lowest BCUT2D eigenvalue weighted by Gasteiger charge is -2.38. The van der Waals surface area contributed by atoms with Crippen LogP contribution in [-0.2, 0) is 14.8 Å². The number of nitrogens with zero attached hydrogens (tertiary/aromatic N) is 3. The Bertz CT molecular complexity index is 1030. The molecule has 8 heteroatoms. The number of ether oxygens (including phenoxy) is 1. The molecule has 0 radical (unpaired) electrons. The Balaban J connectivity index is 1.49. The van der Waals surface area contributed by atoms with Gasteiger partial charge in [-0.1, -0.05) is 24.3 Å². The van der Waals surface area contributed by atoms with Crippen molar-refractivity contribution in [2.45, 2.75) is 30.7 Å². The highest BCUT2D eigenvalue weighted by Gasteiger charge is 2.42. The lowest BCUT2D eigenvalue weighted by molar-refractivity contribution is -0.134. The Morgan fingerprint density at radius 2 is 1.71 bits per heavy atom. The summed E-state index contributed by atoms with van der Waals surface area (Å²) in [5.74, 6) is 0.401. The van der Waals surface area contributed by atoms with E-state index in [0.29, 0.717) is 43.8 Å². The number of sulfonamides is 1. The fraction of sp³-hybridized carbons (Fsp3) is 0.435. The van der Waals surface area contributed by atoms with E-state index in [1.54, 1.807) is 25.1 Å². The number of piperazine rings is 1. The molecule has 0 unspecified atom stereocenters. The molecule has 2 saturated heterocycles. The third-order valence-corrected chi connectivity index (χ3v) is 8.23. The third-order valence-electron chi connectivity index (χ3n) is 6.18. The number of rotatable bonds is 5. The molecule has 2 fully saturated rings. The summed E-state index contributed by atoms with van der Waals surface area (Å²) in [5, 5.41) is 0. The van der Waals surface area contributed by atoms with Crippen LogP contribution >= 0.6 is 0 Å². The van der Waals surface area contributed by atoms with Crippen LogP contribution in [0.1, 0.15) is 18.4 Å².